The van der Waals surface area contributed by atoms with Crippen LogP contribution in [0.2, 0.25) is 0 Å². The van der Waals surface area contributed by atoms with Crippen LogP contribution in [0.1, 0.15) is 16.1 Å². The number of nitrogens with two attached hydrogens (primary N) is 1. The summed E-state index contributed by atoms with van der Waals surface area (Å²) < 4.78 is 1.26. The third kappa shape index (κ3) is 2.50. The number of carboxylic acid groups (broad SMARTS) is 1. The summed E-state index contributed by atoms with van der Waals surface area (Å²) >= 11 is 1.25. The van der Waals surface area contributed by atoms with Gasteiger partial charge in [0.2, 0.25) is 5.16 Å². The number of carboxylic acids is 1. The van der Waals surface area contributed by atoms with Gasteiger partial charge in [-0.15, -0.1) is 10.2 Å². The van der Waals surface area contributed by atoms with Crippen molar-refractivity contribution in [1.82, 2.24) is 24.8 Å². The van der Waals surface area contributed by atoms with Crippen LogP contribution >= 0.6 is 11.8 Å². The van der Waals surface area contributed by atoms with Crippen molar-refractivity contribution in [2.45, 2.75) is 10.9 Å². The maximum atomic E-state index is 10.9. The van der Waals surface area contributed by atoms with Crippen LogP contribution in [0.5, 0.6) is 0 Å². The van der Waals surface area contributed by atoms with E-state index in [-0.39, 0.29) is 5.56 Å². The molecule has 0 saturated heterocycles. The topological polar surface area (TPSA) is 120 Å². The number of nitrogen functional groups attached to an aromatic ring is 1. The maximum Gasteiger partial charge on any atom is 0.339 e. The minimum atomic E-state index is -1.06. The van der Waals surface area contributed by atoms with Gasteiger partial charge in [0.1, 0.15) is 18.2 Å². The Bertz CT molecular complexity index is 542. The number of nitrogens with zero attached hydrogens (tertiary/aromatic N) is 5. The number of carbonyl (C=O) groups is 1. The average molecular weight is 252 g/mol. The minimum absolute atomic E-state index is 0.0723. The second-order valence-corrected chi connectivity index (χ2v) is 3.94. The van der Waals surface area contributed by atoms with Gasteiger partial charge in [0.15, 0.2) is 0 Å². The normalized spacial score (nSPS) is 10.4. The molecule has 2 aromatic heterocycles. The van der Waals surface area contributed by atoms with Gasteiger partial charge in [0.25, 0.3) is 0 Å². The number of thioether (sulfide) groups is 1. The Labute approximate surface area is 99.9 Å². The molecule has 17 heavy (non-hydrogen) atoms. The zero-order valence-corrected chi connectivity index (χ0v) is 9.33. The van der Waals surface area contributed by atoms with E-state index in [1.54, 1.807) is 0 Å². The third-order valence-electron chi connectivity index (χ3n) is 1.90. The predicted molar refractivity (Wildman–Crippen MR) is 58.7 cm³/mol. The Morgan fingerprint density at radius 3 is 3.06 bits per heavy atom. The maximum absolute atomic E-state index is 10.9. The molecule has 2 rings (SSSR count). The highest BCUT2D eigenvalue weighted by molar-refractivity contribution is 7.98. The third-order valence-corrected chi connectivity index (χ3v) is 2.87. The van der Waals surface area contributed by atoms with Crippen LogP contribution in [0.3, 0.4) is 0 Å². The number of aromatic carboxylic acids is 1. The van der Waals surface area contributed by atoms with Crippen molar-refractivity contribution in [3.8, 4) is 0 Å². The number of hydrogen-bond donors (Lipinski definition) is 2. The summed E-state index contributed by atoms with van der Waals surface area (Å²) in [6.45, 7) is 0. The van der Waals surface area contributed by atoms with Crippen LogP contribution in [0.15, 0.2) is 24.0 Å². The lowest BCUT2D eigenvalue weighted by Gasteiger charge is -2.03. The molecule has 0 aliphatic heterocycles. The Morgan fingerprint density at radius 2 is 2.41 bits per heavy atom. The van der Waals surface area contributed by atoms with Crippen LogP contribution in [-0.2, 0) is 5.75 Å². The van der Waals surface area contributed by atoms with Gasteiger partial charge in [-0.1, -0.05) is 11.8 Å². The molecule has 0 atom stereocenters. The van der Waals surface area contributed by atoms with Gasteiger partial charge in [-0.3, -0.25) is 0 Å². The first-order valence-corrected chi connectivity index (χ1v) is 5.47. The molecule has 3 N–H and O–H groups in total. The monoisotopic (exact) mass is 252 g/mol. The van der Waals surface area contributed by atoms with E-state index in [0.29, 0.717) is 16.6 Å². The van der Waals surface area contributed by atoms with Crippen LogP contribution in [-0.4, -0.2) is 35.9 Å². The molecule has 0 fully saturated rings. The van der Waals surface area contributed by atoms with E-state index in [2.05, 4.69) is 20.2 Å². The van der Waals surface area contributed by atoms with Gasteiger partial charge in [-0.05, 0) is 0 Å². The fourth-order valence-electron chi connectivity index (χ4n) is 1.12. The van der Waals surface area contributed by atoms with Crippen molar-refractivity contribution in [1.29, 1.82) is 0 Å². The first-order chi connectivity index (χ1) is 8.18. The zero-order valence-electron chi connectivity index (χ0n) is 8.52. The molecule has 2 heterocycles. The largest absolute Gasteiger partial charge is 0.478 e. The molecule has 0 saturated carbocycles. The molecule has 0 spiro atoms. The van der Waals surface area contributed by atoms with Crippen LogP contribution in [0.4, 0.5) is 0 Å². The molecule has 0 aliphatic rings. The first-order valence-electron chi connectivity index (χ1n) is 4.48. The van der Waals surface area contributed by atoms with E-state index >= 15 is 0 Å². The average Bonchev–Trinajstić information content (AvgIpc) is 2.72. The lowest BCUT2D eigenvalue weighted by Crippen LogP contribution is -2.09. The number of rotatable bonds is 4. The molecule has 0 amide bonds. The standard InChI is InChI=1S/C8H8N6O2S/c9-14-4-12-13-8(14)17-2-6-5(7(15)16)1-10-3-11-6/h1,3-4H,2,9H2,(H,15,16). The van der Waals surface area contributed by atoms with Crippen molar-refractivity contribution in [3.63, 3.8) is 0 Å². The minimum Gasteiger partial charge on any atom is -0.478 e. The molecule has 0 bridgehead atoms. The van der Waals surface area contributed by atoms with Gasteiger partial charge in [-0.25, -0.2) is 19.4 Å². The highest BCUT2D eigenvalue weighted by Gasteiger charge is 2.12. The molecule has 88 valence electrons. The van der Waals surface area contributed by atoms with Crippen LogP contribution < -0.4 is 5.84 Å². The lowest BCUT2D eigenvalue weighted by molar-refractivity contribution is 0.0695. The highest BCUT2D eigenvalue weighted by atomic mass is 32.2. The van der Waals surface area contributed by atoms with E-state index in [1.807, 2.05) is 0 Å². The van der Waals surface area contributed by atoms with Gasteiger partial charge >= 0.3 is 5.97 Å². The van der Waals surface area contributed by atoms with Crippen molar-refractivity contribution in [3.05, 3.63) is 30.1 Å². The molecular weight excluding hydrogens is 244 g/mol. The Hall–Kier alpha value is -2.16. The summed E-state index contributed by atoms with van der Waals surface area (Å²) in [5, 5.41) is 16.8. The van der Waals surface area contributed by atoms with E-state index in [1.165, 1.54) is 35.3 Å². The number of hydrogen-bond acceptors (Lipinski definition) is 7. The molecule has 0 aromatic carbocycles. The van der Waals surface area contributed by atoms with Crippen molar-refractivity contribution < 1.29 is 9.90 Å². The highest BCUT2D eigenvalue weighted by Crippen LogP contribution is 2.19. The molecule has 0 radical (unpaired) electrons. The van der Waals surface area contributed by atoms with Crippen LogP contribution in [0.25, 0.3) is 0 Å². The number of aromatic nitrogens is 5. The van der Waals surface area contributed by atoms with E-state index in [9.17, 15) is 4.79 Å². The zero-order chi connectivity index (χ0) is 12.3. The Balaban J connectivity index is 2.14. The van der Waals surface area contributed by atoms with Gasteiger partial charge in [0, 0.05) is 11.9 Å². The first kappa shape index (κ1) is 11.3. The molecular formula is C8H8N6O2S. The summed E-state index contributed by atoms with van der Waals surface area (Å²) in [7, 11) is 0. The summed E-state index contributed by atoms with van der Waals surface area (Å²) in [5.74, 6) is 4.80. The predicted octanol–water partition coefficient (Wildman–Crippen LogP) is -0.228. The summed E-state index contributed by atoms with van der Waals surface area (Å²) in [4.78, 5) is 18.5. The smallest absolute Gasteiger partial charge is 0.339 e. The summed E-state index contributed by atoms with van der Waals surface area (Å²) in [6, 6.07) is 0. The van der Waals surface area contributed by atoms with Crippen molar-refractivity contribution in [2.75, 3.05) is 5.84 Å². The van der Waals surface area contributed by atoms with Crippen LogP contribution in [0, 0.1) is 0 Å². The van der Waals surface area contributed by atoms with Crippen molar-refractivity contribution >= 4 is 17.7 Å². The Kier molecular flexibility index (Phi) is 3.19. The fourth-order valence-corrected chi connectivity index (χ4v) is 1.91. The second kappa shape index (κ2) is 4.78. The molecule has 8 nitrogen and oxygen atoms in total. The SMILES string of the molecule is Nn1cnnc1SCc1ncncc1C(=O)O. The van der Waals surface area contributed by atoms with Crippen molar-refractivity contribution in [2.24, 2.45) is 0 Å². The molecule has 0 aliphatic carbocycles. The lowest BCUT2D eigenvalue weighted by atomic mass is 10.2. The summed E-state index contributed by atoms with van der Waals surface area (Å²) in [6.07, 6.45) is 3.92. The molecule has 9 heteroatoms. The molecule has 0 unspecified atom stereocenters. The summed E-state index contributed by atoms with van der Waals surface area (Å²) in [5.41, 5.74) is 0.489. The van der Waals surface area contributed by atoms with E-state index in [4.69, 9.17) is 10.9 Å². The van der Waals surface area contributed by atoms with E-state index < -0.39 is 5.97 Å². The quantitative estimate of drug-likeness (QED) is 0.565. The van der Waals surface area contributed by atoms with Gasteiger partial charge in [-0.2, -0.15) is 0 Å². The second-order valence-electron chi connectivity index (χ2n) is 3.00. The Morgan fingerprint density at radius 1 is 1.59 bits per heavy atom. The fraction of sp³-hybridized carbons (Fsp3) is 0.125. The molecule has 2 aromatic rings. The van der Waals surface area contributed by atoms with Gasteiger partial charge < -0.3 is 10.9 Å². The van der Waals surface area contributed by atoms with Gasteiger partial charge in [0.05, 0.1) is 5.69 Å². The van der Waals surface area contributed by atoms with E-state index in [0.717, 1.165) is 0 Å².